The predicted molar refractivity (Wildman–Crippen MR) is 112 cm³/mol. The number of esters is 1. The van der Waals surface area contributed by atoms with Crippen LogP contribution < -0.4 is 4.72 Å². The Bertz CT molecular complexity index is 1320. The number of carbonyl (C=O) groups excluding carboxylic acids is 1. The van der Waals surface area contributed by atoms with E-state index in [0.717, 1.165) is 10.9 Å². The first kappa shape index (κ1) is 20.2. The normalized spacial score (nSPS) is 13.2. The minimum Gasteiger partial charge on any atom is -0.468 e. The lowest BCUT2D eigenvalue weighted by Crippen LogP contribution is -2.44. The van der Waals surface area contributed by atoms with Gasteiger partial charge in [-0.1, -0.05) is 19.9 Å². The van der Waals surface area contributed by atoms with E-state index in [1.165, 1.54) is 13.2 Å². The summed E-state index contributed by atoms with van der Waals surface area (Å²) in [5.41, 5.74) is 2.05. The first-order valence-electron chi connectivity index (χ1n) is 9.40. The zero-order chi connectivity index (χ0) is 21.5. The number of hydrogen-bond donors (Lipinski definition) is 1. The number of benzene rings is 2. The molecule has 156 valence electrons. The van der Waals surface area contributed by atoms with E-state index in [2.05, 4.69) is 4.72 Å². The maximum Gasteiger partial charge on any atom is 0.324 e. The van der Waals surface area contributed by atoms with Gasteiger partial charge in [-0.3, -0.25) is 4.79 Å². The molecule has 1 N–H and O–H groups in total. The number of furan rings is 2. The van der Waals surface area contributed by atoms with Crippen LogP contribution in [0.25, 0.3) is 33.3 Å². The summed E-state index contributed by atoms with van der Waals surface area (Å²) < 4.78 is 44.3. The van der Waals surface area contributed by atoms with Crippen molar-refractivity contribution in [1.82, 2.24) is 4.72 Å². The van der Waals surface area contributed by atoms with Crippen LogP contribution in [0.1, 0.15) is 13.8 Å². The summed E-state index contributed by atoms with van der Waals surface area (Å²) in [6.07, 6.45) is 1.60. The first-order valence-corrected chi connectivity index (χ1v) is 10.9. The van der Waals surface area contributed by atoms with Gasteiger partial charge in [-0.2, -0.15) is 4.72 Å². The van der Waals surface area contributed by atoms with Gasteiger partial charge < -0.3 is 13.6 Å². The fraction of sp³-hybridized carbons (Fsp3) is 0.227. The Kier molecular flexibility index (Phi) is 5.13. The van der Waals surface area contributed by atoms with E-state index in [0.29, 0.717) is 22.3 Å². The Hall–Kier alpha value is -3.10. The van der Waals surface area contributed by atoms with Crippen molar-refractivity contribution in [2.45, 2.75) is 24.8 Å². The molecule has 30 heavy (non-hydrogen) atoms. The summed E-state index contributed by atoms with van der Waals surface area (Å²) in [6.45, 7) is 3.49. The van der Waals surface area contributed by atoms with Crippen molar-refractivity contribution < 1.29 is 26.8 Å². The van der Waals surface area contributed by atoms with E-state index in [4.69, 9.17) is 13.6 Å². The van der Waals surface area contributed by atoms with Crippen LogP contribution >= 0.6 is 0 Å². The lowest BCUT2D eigenvalue weighted by molar-refractivity contribution is -0.143. The SMILES string of the molecule is COC(=O)[C@H](NS(=O)(=O)c1ccc2oc3cc(-c4ccco4)ccc3c2c1)C(C)C. The van der Waals surface area contributed by atoms with Gasteiger partial charge in [0.1, 0.15) is 23.0 Å². The number of carbonyl (C=O) groups is 1. The van der Waals surface area contributed by atoms with Gasteiger partial charge in [-0.05, 0) is 48.4 Å². The molecule has 2 aromatic heterocycles. The third kappa shape index (κ3) is 3.59. The van der Waals surface area contributed by atoms with Gasteiger partial charge in [0, 0.05) is 16.3 Å². The first-order chi connectivity index (χ1) is 14.3. The lowest BCUT2D eigenvalue weighted by atomic mass is 10.1. The van der Waals surface area contributed by atoms with E-state index in [9.17, 15) is 13.2 Å². The van der Waals surface area contributed by atoms with E-state index in [1.807, 2.05) is 24.3 Å². The number of nitrogens with one attached hydrogen (secondary N) is 1. The molecule has 0 radical (unpaired) electrons. The summed E-state index contributed by atoms with van der Waals surface area (Å²) in [7, 11) is -2.72. The summed E-state index contributed by atoms with van der Waals surface area (Å²) in [5.74, 6) is -0.188. The van der Waals surface area contributed by atoms with Crippen LogP contribution in [0, 0.1) is 5.92 Å². The second-order valence-corrected chi connectivity index (χ2v) is 9.03. The molecule has 0 aliphatic carbocycles. The molecule has 0 bridgehead atoms. The monoisotopic (exact) mass is 427 g/mol. The molecule has 4 aromatic rings. The van der Waals surface area contributed by atoms with Crippen molar-refractivity contribution >= 4 is 37.9 Å². The Morgan fingerprint density at radius 1 is 1.03 bits per heavy atom. The van der Waals surface area contributed by atoms with Gasteiger partial charge in [-0.25, -0.2) is 8.42 Å². The van der Waals surface area contributed by atoms with E-state index in [1.54, 1.807) is 38.3 Å². The third-order valence-corrected chi connectivity index (χ3v) is 6.40. The van der Waals surface area contributed by atoms with E-state index < -0.39 is 22.0 Å². The smallest absolute Gasteiger partial charge is 0.324 e. The molecule has 0 aliphatic rings. The standard InChI is InChI=1S/C22H21NO6S/c1-13(2)21(22(24)27-3)23-30(25,26)15-7-9-19-17(12-15)16-8-6-14(11-20(16)29-19)18-5-4-10-28-18/h4-13,21,23H,1-3H3/t21-/m1/s1. The Morgan fingerprint density at radius 3 is 2.50 bits per heavy atom. The molecule has 1 atom stereocenters. The highest BCUT2D eigenvalue weighted by Crippen LogP contribution is 2.33. The van der Waals surface area contributed by atoms with Crippen molar-refractivity contribution in [3.05, 3.63) is 54.8 Å². The van der Waals surface area contributed by atoms with Crippen LogP contribution in [0.2, 0.25) is 0 Å². The zero-order valence-electron chi connectivity index (χ0n) is 16.7. The Morgan fingerprint density at radius 2 is 1.83 bits per heavy atom. The fourth-order valence-corrected chi connectivity index (χ4v) is 4.70. The molecule has 0 saturated heterocycles. The predicted octanol–water partition coefficient (Wildman–Crippen LogP) is 4.32. The Balaban J connectivity index is 1.75. The largest absolute Gasteiger partial charge is 0.468 e. The summed E-state index contributed by atoms with van der Waals surface area (Å²) in [5, 5.41) is 1.45. The van der Waals surface area contributed by atoms with Gasteiger partial charge >= 0.3 is 5.97 Å². The number of methoxy groups -OCH3 is 1. The highest BCUT2D eigenvalue weighted by molar-refractivity contribution is 7.89. The lowest BCUT2D eigenvalue weighted by Gasteiger charge is -2.19. The van der Waals surface area contributed by atoms with Gasteiger partial charge in [-0.15, -0.1) is 0 Å². The Labute approximate surface area is 173 Å². The van der Waals surface area contributed by atoms with Crippen LogP contribution in [0.15, 0.2) is 68.5 Å². The average Bonchev–Trinajstić information content (AvgIpc) is 3.38. The second kappa shape index (κ2) is 7.62. The molecule has 0 saturated carbocycles. The molecule has 2 heterocycles. The van der Waals surface area contributed by atoms with Crippen LogP contribution in [-0.2, 0) is 19.6 Å². The van der Waals surface area contributed by atoms with Crippen molar-refractivity contribution in [1.29, 1.82) is 0 Å². The second-order valence-electron chi connectivity index (χ2n) is 7.31. The number of hydrogen-bond acceptors (Lipinski definition) is 6. The molecule has 0 fully saturated rings. The number of fused-ring (bicyclic) bond motifs is 3. The summed E-state index contributed by atoms with van der Waals surface area (Å²) in [6, 6.07) is 12.9. The maximum atomic E-state index is 12.9. The molecule has 0 amide bonds. The highest BCUT2D eigenvalue weighted by Gasteiger charge is 2.29. The molecule has 0 unspecified atom stereocenters. The van der Waals surface area contributed by atoms with Crippen molar-refractivity contribution in [3.8, 4) is 11.3 Å². The summed E-state index contributed by atoms with van der Waals surface area (Å²) >= 11 is 0. The van der Waals surface area contributed by atoms with Gasteiger partial charge in [0.2, 0.25) is 10.0 Å². The molecule has 0 spiro atoms. The van der Waals surface area contributed by atoms with Crippen molar-refractivity contribution in [2.75, 3.05) is 7.11 Å². The number of ether oxygens (including phenoxy) is 1. The van der Waals surface area contributed by atoms with Crippen LogP contribution in [-0.4, -0.2) is 27.5 Å². The fourth-order valence-electron chi connectivity index (χ4n) is 3.34. The van der Waals surface area contributed by atoms with E-state index in [-0.39, 0.29) is 10.8 Å². The molecule has 4 rings (SSSR count). The van der Waals surface area contributed by atoms with Crippen LogP contribution in [0.4, 0.5) is 0 Å². The van der Waals surface area contributed by atoms with Crippen LogP contribution in [0.5, 0.6) is 0 Å². The average molecular weight is 427 g/mol. The topological polar surface area (TPSA) is 98.8 Å². The molecule has 2 aromatic carbocycles. The molecular weight excluding hydrogens is 406 g/mol. The number of sulfonamides is 1. The highest BCUT2D eigenvalue weighted by atomic mass is 32.2. The van der Waals surface area contributed by atoms with Crippen molar-refractivity contribution in [2.24, 2.45) is 5.92 Å². The summed E-state index contributed by atoms with van der Waals surface area (Å²) in [4.78, 5) is 12.0. The molecule has 0 aliphatic heterocycles. The van der Waals surface area contributed by atoms with Crippen LogP contribution in [0.3, 0.4) is 0 Å². The zero-order valence-corrected chi connectivity index (χ0v) is 17.5. The quantitative estimate of drug-likeness (QED) is 0.460. The van der Waals surface area contributed by atoms with Gasteiger partial charge in [0.25, 0.3) is 0 Å². The van der Waals surface area contributed by atoms with E-state index >= 15 is 0 Å². The van der Waals surface area contributed by atoms with Gasteiger partial charge in [0.05, 0.1) is 18.3 Å². The number of rotatable bonds is 6. The maximum absolute atomic E-state index is 12.9. The van der Waals surface area contributed by atoms with Crippen molar-refractivity contribution in [3.63, 3.8) is 0 Å². The third-order valence-electron chi connectivity index (χ3n) is 4.96. The van der Waals surface area contributed by atoms with Gasteiger partial charge in [0.15, 0.2) is 0 Å². The minimum absolute atomic E-state index is 0.0439. The molecular formula is C22H21NO6S. The molecule has 8 heteroatoms. The molecule has 7 nitrogen and oxygen atoms in total. The minimum atomic E-state index is -3.95.